The first kappa shape index (κ1) is 37.4. The van der Waals surface area contributed by atoms with E-state index in [1.807, 2.05) is 31.2 Å². The van der Waals surface area contributed by atoms with Crippen molar-refractivity contribution in [1.82, 2.24) is 23.9 Å². The van der Waals surface area contributed by atoms with Crippen molar-refractivity contribution in [3.8, 4) is 11.5 Å². The first-order chi connectivity index (χ1) is 23.7. The lowest BCUT2D eigenvalue weighted by Crippen LogP contribution is -2.48. The van der Waals surface area contributed by atoms with E-state index < -0.39 is 31.2 Å². The Balaban J connectivity index is 0.000000253. The summed E-state index contributed by atoms with van der Waals surface area (Å²) in [6.07, 6.45) is 0. The van der Waals surface area contributed by atoms with E-state index in [1.165, 1.54) is 25.8 Å². The fourth-order valence-corrected chi connectivity index (χ4v) is 7.25. The highest BCUT2D eigenvalue weighted by molar-refractivity contribution is 7.89. The second-order valence-corrected chi connectivity index (χ2v) is 15.3. The Hall–Kier alpha value is -3.88. The second kappa shape index (κ2) is 14.8. The van der Waals surface area contributed by atoms with Crippen LogP contribution in [0.3, 0.4) is 0 Å². The standard InChI is InChI=1S/C24H29N3O6S.C8H13N3O4S/c1-4-27-22(24(28)16-33-17-24)13-23(25-27)34(29,30)26(14-18-5-9-20(31-2)10-6-18)15-19-7-11-21(32-3)12-8-19;1-2-11-6(8(12)4-15-5-8)3-7(10-11)16(9,13)14/h5-13,28H,4,14-17H2,1-3H3;3,12H,2,4-5H2,1H3,(H2,9,13,14). The zero-order chi connectivity index (χ0) is 36.3. The Morgan fingerprint density at radius 2 is 1.12 bits per heavy atom. The van der Waals surface area contributed by atoms with E-state index >= 15 is 0 Å². The zero-order valence-electron chi connectivity index (χ0n) is 28.2. The van der Waals surface area contributed by atoms with Crippen LogP contribution in [0, 0.1) is 0 Å². The predicted octanol–water partition coefficient (Wildman–Crippen LogP) is 1.30. The number of hydrogen-bond acceptors (Lipinski definition) is 12. The lowest BCUT2D eigenvalue weighted by molar-refractivity contribution is -0.188. The van der Waals surface area contributed by atoms with Crippen LogP contribution in [0.2, 0.25) is 0 Å². The molecule has 2 aromatic carbocycles. The second-order valence-electron chi connectivity index (χ2n) is 11.9. The van der Waals surface area contributed by atoms with E-state index in [9.17, 15) is 27.0 Å². The Morgan fingerprint density at radius 3 is 1.44 bits per heavy atom. The normalized spacial score (nSPS) is 16.6. The molecule has 2 aliphatic rings. The highest BCUT2D eigenvalue weighted by Gasteiger charge is 2.43. The summed E-state index contributed by atoms with van der Waals surface area (Å²) in [7, 11) is -4.68. The molecule has 2 aromatic heterocycles. The van der Waals surface area contributed by atoms with Crippen molar-refractivity contribution in [3.05, 3.63) is 83.2 Å². The number of nitrogens with zero attached hydrogens (tertiary/aromatic N) is 5. The smallest absolute Gasteiger partial charge is 0.263 e. The fourth-order valence-electron chi connectivity index (χ4n) is 5.40. The van der Waals surface area contributed by atoms with Crippen LogP contribution < -0.4 is 14.6 Å². The summed E-state index contributed by atoms with van der Waals surface area (Å²) in [6.45, 7) is 5.30. The van der Waals surface area contributed by atoms with Crippen LogP contribution in [-0.2, 0) is 66.9 Å². The third kappa shape index (κ3) is 7.87. The molecule has 18 heteroatoms. The quantitative estimate of drug-likeness (QED) is 0.178. The van der Waals surface area contributed by atoms with Gasteiger partial charge in [-0.05, 0) is 49.2 Å². The number of ether oxygens (including phenoxy) is 4. The number of sulfonamides is 2. The van der Waals surface area contributed by atoms with Gasteiger partial charge in [0.1, 0.15) is 11.5 Å². The number of rotatable bonds is 13. The molecule has 6 rings (SSSR count). The van der Waals surface area contributed by atoms with Crippen molar-refractivity contribution in [2.75, 3.05) is 40.6 Å². The molecule has 0 spiro atoms. The molecule has 2 saturated heterocycles. The van der Waals surface area contributed by atoms with E-state index in [2.05, 4.69) is 10.2 Å². The van der Waals surface area contributed by atoms with Crippen molar-refractivity contribution < 1.29 is 46.0 Å². The maximum atomic E-state index is 13.8. The van der Waals surface area contributed by atoms with Crippen LogP contribution in [0.5, 0.6) is 11.5 Å². The molecule has 0 unspecified atom stereocenters. The Bertz CT molecular complexity index is 1940. The van der Waals surface area contributed by atoms with Gasteiger partial charge in [0.15, 0.2) is 21.3 Å². The average Bonchev–Trinajstić information content (AvgIpc) is 3.73. The van der Waals surface area contributed by atoms with Crippen molar-refractivity contribution >= 4 is 20.0 Å². The van der Waals surface area contributed by atoms with Crippen LogP contribution in [0.4, 0.5) is 0 Å². The minimum Gasteiger partial charge on any atom is -0.497 e. The minimum absolute atomic E-state index is 0.105. The molecule has 4 N–H and O–H groups in total. The molecule has 2 aliphatic heterocycles. The van der Waals surface area contributed by atoms with E-state index in [0.717, 1.165) is 11.1 Å². The number of aryl methyl sites for hydroxylation is 2. The third-order valence-corrected chi connectivity index (χ3v) is 10.8. The monoisotopic (exact) mass is 734 g/mol. The number of benzene rings is 2. The van der Waals surface area contributed by atoms with Crippen molar-refractivity contribution in [2.24, 2.45) is 5.14 Å². The summed E-state index contributed by atoms with van der Waals surface area (Å²) in [5.74, 6) is 1.38. The first-order valence-corrected chi connectivity index (χ1v) is 18.7. The number of primary sulfonamides is 1. The molecule has 2 fully saturated rings. The molecular weight excluding hydrogens is 693 g/mol. The van der Waals surface area contributed by atoms with Crippen LogP contribution in [0.1, 0.15) is 36.4 Å². The summed E-state index contributed by atoms with van der Waals surface area (Å²) in [6, 6.07) is 17.3. The van der Waals surface area contributed by atoms with Gasteiger partial charge in [-0.25, -0.2) is 22.0 Å². The van der Waals surface area contributed by atoms with Crippen molar-refractivity contribution in [3.63, 3.8) is 0 Å². The SMILES string of the molecule is CCn1nc(S(=O)(=O)N(Cc2ccc(OC)cc2)Cc2ccc(OC)cc2)cc1C1(O)COC1.CCn1nc(S(N)(=O)=O)cc1C1(O)COC1. The molecule has 50 heavy (non-hydrogen) atoms. The Morgan fingerprint density at radius 1 is 0.740 bits per heavy atom. The van der Waals surface area contributed by atoms with Crippen LogP contribution in [-0.4, -0.2) is 91.6 Å². The topological polar surface area (TPSA) is 211 Å². The fraction of sp³-hybridized carbons (Fsp3) is 0.438. The Labute approximate surface area is 291 Å². The van der Waals surface area contributed by atoms with E-state index in [0.29, 0.717) is 36.0 Å². The minimum atomic E-state index is -4.00. The number of methoxy groups -OCH3 is 2. The van der Waals surface area contributed by atoms with Crippen molar-refractivity contribution in [1.29, 1.82) is 0 Å². The molecule has 0 atom stereocenters. The van der Waals surface area contributed by atoms with Gasteiger partial charge in [0.05, 0.1) is 52.0 Å². The predicted molar refractivity (Wildman–Crippen MR) is 179 cm³/mol. The zero-order valence-corrected chi connectivity index (χ0v) is 29.9. The molecule has 0 aliphatic carbocycles. The van der Waals surface area contributed by atoms with Gasteiger partial charge < -0.3 is 29.2 Å². The maximum absolute atomic E-state index is 13.8. The van der Waals surface area contributed by atoms with Gasteiger partial charge in [0.25, 0.3) is 20.0 Å². The van der Waals surface area contributed by atoms with Gasteiger partial charge in [0.2, 0.25) is 0 Å². The highest BCUT2D eigenvalue weighted by Crippen LogP contribution is 2.33. The molecule has 4 heterocycles. The molecule has 0 bridgehead atoms. The molecule has 0 saturated carbocycles. The number of aliphatic hydroxyl groups is 2. The van der Waals surface area contributed by atoms with E-state index in [-0.39, 0.29) is 49.6 Å². The van der Waals surface area contributed by atoms with Gasteiger partial charge in [-0.1, -0.05) is 24.3 Å². The Kier molecular flexibility index (Phi) is 11.0. The molecule has 4 aromatic rings. The molecular formula is C32H42N6O10S2. The van der Waals surface area contributed by atoms with Gasteiger partial charge in [-0.2, -0.15) is 14.5 Å². The molecule has 16 nitrogen and oxygen atoms in total. The van der Waals surface area contributed by atoms with Gasteiger partial charge >= 0.3 is 0 Å². The van der Waals surface area contributed by atoms with Crippen molar-refractivity contribution in [2.45, 2.75) is 61.3 Å². The van der Waals surface area contributed by atoms with Gasteiger partial charge in [0, 0.05) is 38.3 Å². The molecule has 272 valence electrons. The summed E-state index contributed by atoms with van der Waals surface area (Å²) >= 11 is 0. The lowest BCUT2D eigenvalue weighted by atomic mass is 9.98. The summed E-state index contributed by atoms with van der Waals surface area (Å²) in [5, 5.41) is 33.6. The number of hydrogen-bond donors (Lipinski definition) is 3. The molecule has 0 amide bonds. The number of nitrogens with two attached hydrogens (primary N) is 1. The van der Waals surface area contributed by atoms with Crippen LogP contribution in [0.15, 0.2) is 70.7 Å². The lowest BCUT2D eigenvalue weighted by Gasteiger charge is -2.36. The third-order valence-electron chi connectivity index (χ3n) is 8.36. The number of aromatic nitrogens is 4. The molecule has 0 radical (unpaired) electrons. The van der Waals surface area contributed by atoms with Gasteiger partial charge in [-0.15, -0.1) is 0 Å². The van der Waals surface area contributed by atoms with Gasteiger partial charge in [-0.3, -0.25) is 9.36 Å². The summed E-state index contributed by atoms with van der Waals surface area (Å²) in [5.41, 5.74) is 0.0940. The average molecular weight is 735 g/mol. The maximum Gasteiger partial charge on any atom is 0.263 e. The first-order valence-electron chi connectivity index (χ1n) is 15.7. The van der Waals surface area contributed by atoms with Crippen LogP contribution in [0.25, 0.3) is 0 Å². The summed E-state index contributed by atoms with van der Waals surface area (Å²) in [4.78, 5) is 0. The highest BCUT2D eigenvalue weighted by atomic mass is 32.2. The largest absolute Gasteiger partial charge is 0.497 e. The van der Waals surface area contributed by atoms with E-state index in [1.54, 1.807) is 45.4 Å². The van der Waals surface area contributed by atoms with E-state index in [4.69, 9.17) is 24.1 Å². The van der Waals surface area contributed by atoms with Crippen LogP contribution >= 0.6 is 0 Å². The summed E-state index contributed by atoms with van der Waals surface area (Å²) < 4.78 is 74.7.